The number of ether oxygens (including phenoxy) is 1. The molecule has 3 aliphatic rings. The van der Waals surface area contributed by atoms with Crippen molar-refractivity contribution < 1.29 is 9.53 Å². The number of methoxy groups -OCH3 is 1. The summed E-state index contributed by atoms with van der Waals surface area (Å²) in [7, 11) is 1.86. The minimum atomic E-state index is -0.0497. The van der Waals surface area contributed by atoms with Crippen molar-refractivity contribution in [2.75, 3.05) is 7.11 Å². The van der Waals surface area contributed by atoms with Crippen LogP contribution in [0.2, 0.25) is 0 Å². The molecule has 102 valence electrons. The van der Waals surface area contributed by atoms with Crippen molar-refractivity contribution >= 4 is 5.78 Å². The van der Waals surface area contributed by atoms with Gasteiger partial charge in [-0.05, 0) is 43.4 Å². The Balaban J connectivity index is 2.03. The van der Waals surface area contributed by atoms with Crippen LogP contribution in [0.3, 0.4) is 0 Å². The summed E-state index contributed by atoms with van der Waals surface area (Å²) in [6, 6.07) is 0. The number of hydrogen-bond acceptors (Lipinski definition) is 2. The highest BCUT2D eigenvalue weighted by atomic mass is 16.5. The summed E-state index contributed by atoms with van der Waals surface area (Å²) < 4.78 is 5.86. The second kappa shape index (κ2) is 3.59. The Bertz CT molecular complexity index is 387. The van der Waals surface area contributed by atoms with Gasteiger partial charge in [0.2, 0.25) is 0 Å². The average Bonchev–Trinajstić information content (AvgIpc) is 2.52. The molecule has 0 amide bonds. The maximum Gasteiger partial charge on any atom is 0.138 e. The molecule has 3 fully saturated rings. The molecule has 4 atom stereocenters. The van der Waals surface area contributed by atoms with Gasteiger partial charge in [0, 0.05) is 24.4 Å². The SMILES string of the molecule is COC1CC(C)(C)C2CCC3(C)CC12CCC3=O. The van der Waals surface area contributed by atoms with E-state index in [0.717, 1.165) is 31.6 Å². The number of Topliss-reactive ketones (excluding diaryl/α,β-unsaturated/α-hetero) is 1. The molecule has 1 spiro atoms. The molecule has 2 bridgehead atoms. The lowest BCUT2D eigenvalue weighted by Crippen LogP contribution is -2.52. The van der Waals surface area contributed by atoms with E-state index in [4.69, 9.17) is 4.74 Å². The van der Waals surface area contributed by atoms with Crippen molar-refractivity contribution in [3.8, 4) is 0 Å². The summed E-state index contributed by atoms with van der Waals surface area (Å²) >= 11 is 0. The first-order chi connectivity index (χ1) is 8.34. The maximum absolute atomic E-state index is 12.2. The zero-order chi connectivity index (χ0) is 13.2. The van der Waals surface area contributed by atoms with E-state index in [2.05, 4.69) is 20.8 Å². The van der Waals surface area contributed by atoms with Crippen molar-refractivity contribution in [3.05, 3.63) is 0 Å². The summed E-state index contributed by atoms with van der Waals surface area (Å²) in [6.45, 7) is 7.00. The van der Waals surface area contributed by atoms with Crippen LogP contribution >= 0.6 is 0 Å². The zero-order valence-corrected chi connectivity index (χ0v) is 12.2. The number of rotatable bonds is 1. The van der Waals surface area contributed by atoms with Crippen LogP contribution < -0.4 is 0 Å². The number of carbonyl (C=O) groups excluding carboxylic acids is 1. The molecule has 18 heavy (non-hydrogen) atoms. The number of hydrogen-bond donors (Lipinski definition) is 0. The molecule has 3 saturated carbocycles. The topological polar surface area (TPSA) is 26.3 Å². The smallest absolute Gasteiger partial charge is 0.138 e. The summed E-state index contributed by atoms with van der Waals surface area (Å²) in [6.07, 6.45) is 6.76. The van der Waals surface area contributed by atoms with E-state index in [9.17, 15) is 4.79 Å². The molecule has 0 aromatic heterocycles. The highest BCUT2D eigenvalue weighted by molar-refractivity contribution is 5.85. The third-order valence-electron chi connectivity index (χ3n) is 6.47. The Morgan fingerprint density at radius 1 is 1.22 bits per heavy atom. The Morgan fingerprint density at radius 3 is 2.61 bits per heavy atom. The molecule has 3 aliphatic carbocycles. The first-order valence-electron chi connectivity index (χ1n) is 7.40. The van der Waals surface area contributed by atoms with Gasteiger partial charge >= 0.3 is 0 Å². The first-order valence-corrected chi connectivity index (χ1v) is 7.40. The van der Waals surface area contributed by atoms with Crippen LogP contribution in [0.5, 0.6) is 0 Å². The Kier molecular flexibility index (Phi) is 2.53. The van der Waals surface area contributed by atoms with E-state index < -0.39 is 0 Å². The van der Waals surface area contributed by atoms with E-state index in [1.54, 1.807) is 0 Å². The van der Waals surface area contributed by atoms with Gasteiger partial charge in [0.15, 0.2) is 0 Å². The van der Waals surface area contributed by atoms with Gasteiger partial charge in [0.05, 0.1) is 6.10 Å². The summed E-state index contributed by atoms with van der Waals surface area (Å²) in [5.41, 5.74) is 0.619. The normalized spacial score (nSPS) is 50.1. The van der Waals surface area contributed by atoms with Gasteiger partial charge in [0.1, 0.15) is 5.78 Å². The molecule has 0 aromatic carbocycles. The zero-order valence-electron chi connectivity index (χ0n) is 12.2. The third-order valence-corrected chi connectivity index (χ3v) is 6.47. The fourth-order valence-corrected chi connectivity index (χ4v) is 5.65. The quantitative estimate of drug-likeness (QED) is 0.711. The molecule has 0 aliphatic heterocycles. The van der Waals surface area contributed by atoms with Crippen LogP contribution in [0.15, 0.2) is 0 Å². The largest absolute Gasteiger partial charge is 0.381 e. The second-order valence-corrected chi connectivity index (χ2v) is 7.90. The Morgan fingerprint density at radius 2 is 1.94 bits per heavy atom. The molecule has 0 N–H and O–H groups in total. The van der Waals surface area contributed by atoms with Crippen LogP contribution in [0.1, 0.15) is 59.3 Å². The molecular weight excluding hydrogens is 224 g/mol. The summed E-state index contributed by atoms with van der Waals surface area (Å²) in [5.74, 6) is 1.25. The molecule has 4 unspecified atom stereocenters. The molecule has 2 heteroatoms. The predicted molar refractivity (Wildman–Crippen MR) is 71.3 cm³/mol. The van der Waals surface area contributed by atoms with Gasteiger partial charge in [-0.1, -0.05) is 20.8 Å². The molecule has 2 nitrogen and oxygen atoms in total. The van der Waals surface area contributed by atoms with Crippen LogP contribution in [-0.2, 0) is 9.53 Å². The van der Waals surface area contributed by atoms with E-state index in [0.29, 0.717) is 22.7 Å². The van der Waals surface area contributed by atoms with E-state index in [-0.39, 0.29) is 5.41 Å². The fraction of sp³-hybridized carbons (Fsp3) is 0.938. The van der Waals surface area contributed by atoms with Crippen molar-refractivity contribution in [1.29, 1.82) is 0 Å². The van der Waals surface area contributed by atoms with Crippen LogP contribution in [0, 0.1) is 22.2 Å². The molecule has 0 heterocycles. The minimum absolute atomic E-state index is 0.0497. The lowest BCUT2D eigenvalue weighted by atomic mass is 9.49. The van der Waals surface area contributed by atoms with Crippen LogP contribution in [0.4, 0.5) is 0 Å². The first kappa shape index (κ1) is 12.7. The predicted octanol–water partition coefficient (Wildman–Crippen LogP) is 3.59. The molecule has 0 saturated heterocycles. The summed E-state index contributed by atoms with van der Waals surface area (Å²) in [5, 5.41) is 0. The Hall–Kier alpha value is -0.370. The molecular formula is C16H26O2. The van der Waals surface area contributed by atoms with E-state index in [1.165, 1.54) is 12.8 Å². The van der Waals surface area contributed by atoms with Gasteiger partial charge in [0.25, 0.3) is 0 Å². The Labute approximate surface area is 110 Å². The van der Waals surface area contributed by atoms with E-state index >= 15 is 0 Å². The number of carbonyl (C=O) groups is 1. The molecule has 0 aromatic rings. The van der Waals surface area contributed by atoms with Crippen LogP contribution in [0.25, 0.3) is 0 Å². The highest BCUT2D eigenvalue weighted by Gasteiger charge is 2.65. The van der Waals surface area contributed by atoms with Crippen molar-refractivity contribution in [2.45, 2.75) is 65.4 Å². The summed E-state index contributed by atoms with van der Waals surface area (Å²) in [4.78, 5) is 12.2. The van der Waals surface area contributed by atoms with Crippen molar-refractivity contribution in [3.63, 3.8) is 0 Å². The van der Waals surface area contributed by atoms with Gasteiger partial charge in [-0.2, -0.15) is 0 Å². The minimum Gasteiger partial charge on any atom is -0.381 e. The lowest BCUT2D eigenvalue weighted by molar-refractivity contribution is -0.151. The van der Waals surface area contributed by atoms with Crippen molar-refractivity contribution in [1.82, 2.24) is 0 Å². The van der Waals surface area contributed by atoms with E-state index in [1.807, 2.05) is 7.11 Å². The third kappa shape index (κ3) is 1.41. The van der Waals surface area contributed by atoms with Crippen LogP contribution in [-0.4, -0.2) is 19.0 Å². The molecule has 3 rings (SSSR count). The monoisotopic (exact) mass is 250 g/mol. The maximum atomic E-state index is 12.2. The molecule has 0 radical (unpaired) electrons. The highest BCUT2D eigenvalue weighted by Crippen LogP contribution is 2.68. The lowest BCUT2D eigenvalue weighted by Gasteiger charge is -2.55. The van der Waals surface area contributed by atoms with Gasteiger partial charge in [-0.15, -0.1) is 0 Å². The van der Waals surface area contributed by atoms with Gasteiger partial charge < -0.3 is 4.74 Å². The average molecular weight is 250 g/mol. The fourth-order valence-electron chi connectivity index (χ4n) is 5.65. The second-order valence-electron chi connectivity index (χ2n) is 7.90. The number of fused-ring (bicyclic) bond motifs is 1. The van der Waals surface area contributed by atoms with Gasteiger partial charge in [-0.3, -0.25) is 4.79 Å². The standard InChI is InChI=1S/C16H26O2/c1-14(2)9-13(18-4)16-8-6-12(17)15(3,10-16)7-5-11(14)16/h11,13H,5-10H2,1-4H3. The van der Waals surface area contributed by atoms with Gasteiger partial charge in [-0.25, -0.2) is 0 Å². The number of ketones is 1. The van der Waals surface area contributed by atoms with Crippen molar-refractivity contribution in [2.24, 2.45) is 22.2 Å².